The molecule has 2 aromatic carbocycles. The van der Waals surface area contributed by atoms with E-state index in [1.165, 1.54) is 0 Å². The van der Waals surface area contributed by atoms with Crippen molar-refractivity contribution in [3.05, 3.63) is 76.1 Å². The van der Waals surface area contributed by atoms with Crippen molar-refractivity contribution in [2.75, 3.05) is 5.32 Å². The second-order valence-electron chi connectivity index (χ2n) is 6.14. The Labute approximate surface area is 157 Å². The van der Waals surface area contributed by atoms with Gasteiger partial charge in [-0.15, -0.1) is 0 Å². The van der Waals surface area contributed by atoms with Gasteiger partial charge in [-0.2, -0.15) is 5.10 Å². The number of benzene rings is 2. The Hall–Kier alpha value is -2.79. The minimum Gasteiger partial charge on any atom is -0.487 e. The lowest BCUT2D eigenvalue weighted by Gasteiger charge is -2.10. The van der Waals surface area contributed by atoms with Crippen molar-refractivity contribution in [1.82, 2.24) is 9.78 Å². The van der Waals surface area contributed by atoms with E-state index in [0.29, 0.717) is 28.6 Å². The van der Waals surface area contributed by atoms with Gasteiger partial charge >= 0.3 is 0 Å². The van der Waals surface area contributed by atoms with Crippen LogP contribution in [0.4, 0.5) is 5.69 Å². The van der Waals surface area contributed by atoms with Crippen LogP contribution in [0.2, 0.25) is 5.02 Å². The molecule has 6 heteroatoms. The molecular formula is C20H20ClN3O2. The molecule has 3 rings (SSSR count). The van der Waals surface area contributed by atoms with Crippen LogP contribution in [0.15, 0.2) is 48.7 Å². The monoisotopic (exact) mass is 369 g/mol. The molecule has 1 N–H and O–H groups in total. The van der Waals surface area contributed by atoms with Gasteiger partial charge in [0.05, 0.1) is 22.6 Å². The van der Waals surface area contributed by atoms with E-state index in [1.807, 2.05) is 51.2 Å². The van der Waals surface area contributed by atoms with Gasteiger partial charge in [-0.25, -0.2) is 0 Å². The van der Waals surface area contributed by atoms with Crippen molar-refractivity contribution >= 4 is 23.2 Å². The topological polar surface area (TPSA) is 56.1 Å². The Morgan fingerprint density at radius 2 is 1.92 bits per heavy atom. The molecule has 3 aromatic rings. The summed E-state index contributed by atoms with van der Waals surface area (Å²) < 4.78 is 7.49. The van der Waals surface area contributed by atoms with E-state index in [-0.39, 0.29) is 5.91 Å². The number of amides is 1. The summed E-state index contributed by atoms with van der Waals surface area (Å²) in [6.45, 7) is 4.27. The molecule has 0 fully saturated rings. The van der Waals surface area contributed by atoms with Crippen molar-refractivity contribution in [3.63, 3.8) is 0 Å². The van der Waals surface area contributed by atoms with Crippen molar-refractivity contribution < 1.29 is 9.53 Å². The van der Waals surface area contributed by atoms with Gasteiger partial charge < -0.3 is 10.1 Å². The zero-order valence-corrected chi connectivity index (χ0v) is 15.7. The summed E-state index contributed by atoms with van der Waals surface area (Å²) in [5.74, 6) is 0.482. The molecule has 0 bridgehead atoms. The molecule has 0 atom stereocenters. The number of hydrogen-bond donors (Lipinski definition) is 1. The van der Waals surface area contributed by atoms with Crippen LogP contribution in [-0.4, -0.2) is 15.7 Å². The van der Waals surface area contributed by atoms with Crippen LogP contribution in [0.3, 0.4) is 0 Å². The van der Waals surface area contributed by atoms with Gasteiger partial charge in [0, 0.05) is 12.6 Å². The number of nitrogens with one attached hydrogen (secondary N) is 1. The summed E-state index contributed by atoms with van der Waals surface area (Å²) in [6, 6.07) is 13.0. The first-order chi connectivity index (χ1) is 12.4. The van der Waals surface area contributed by atoms with E-state index in [0.717, 1.165) is 16.8 Å². The third-order valence-corrected chi connectivity index (χ3v) is 4.49. The predicted molar refractivity (Wildman–Crippen MR) is 103 cm³/mol. The van der Waals surface area contributed by atoms with E-state index in [1.54, 1.807) is 23.0 Å². The molecule has 0 aliphatic rings. The summed E-state index contributed by atoms with van der Waals surface area (Å²) in [6.07, 6.45) is 1.64. The Bertz CT molecular complexity index is 933. The first kappa shape index (κ1) is 18.0. The van der Waals surface area contributed by atoms with Crippen molar-refractivity contribution in [1.29, 1.82) is 0 Å². The second kappa shape index (κ2) is 7.62. The Kier molecular flexibility index (Phi) is 5.28. The number of nitrogens with zero attached hydrogens (tertiary/aromatic N) is 2. The molecule has 0 unspecified atom stereocenters. The normalized spacial score (nSPS) is 10.6. The molecule has 0 spiro atoms. The summed E-state index contributed by atoms with van der Waals surface area (Å²) in [5, 5.41) is 7.57. The molecule has 1 amide bonds. The highest BCUT2D eigenvalue weighted by molar-refractivity contribution is 6.32. The summed E-state index contributed by atoms with van der Waals surface area (Å²) in [7, 11) is 1.83. The van der Waals surface area contributed by atoms with E-state index >= 15 is 0 Å². The highest BCUT2D eigenvalue weighted by Gasteiger charge is 2.10. The molecule has 26 heavy (non-hydrogen) atoms. The zero-order chi connectivity index (χ0) is 18.7. The SMILES string of the molecule is Cc1ccc(Cl)c(OCc2ccc(C(=O)Nc3cnn(C)c3C)cc2)c1. The van der Waals surface area contributed by atoms with Crippen LogP contribution in [0.25, 0.3) is 0 Å². The van der Waals surface area contributed by atoms with Crippen molar-refractivity contribution in [2.24, 2.45) is 7.05 Å². The molecule has 0 saturated carbocycles. The molecule has 5 nitrogen and oxygen atoms in total. The minimum absolute atomic E-state index is 0.171. The number of aryl methyl sites for hydroxylation is 2. The van der Waals surface area contributed by atoms with E-state index in [2.05, 4.69) is 10.4 Å². The lowest BCUT2D eigenvalue weighted by molar-refractivity contribution is 0.102. The average molecular weight is 370 g/mol. The molecule has 0 aliphatic heterocycles. The highest BCUT2D eigenvalue weighted by Crippen LogP contribution is 2.26. The van der Waals surface area contributed by atoms with Crippen LogP contribution in [0, 0.1) is 13.8 Å². The van der Waals surface area contributed by atoms with Gasteiger partial charge in [0.1, 0.15) is 12.4 Å². The minimum atomic E-state index is -0.171. The van der Waals surface area contributed by atoms with Gasteiger partial charge in [0.2, 0.25) is 0 Å². The maximum Gasteiger partial charge on any atom is 0.255 e. The summed E-state index contributed by atoms with van der Waals surface area (Å²) in [5.41, 5.74) is 4.22. The number of hydrogen-bond acceptors (Lipinski definition) is 3. The second-order valence-corrected chi connectivity index (χ2v) is 6.55. The summed E-state index contributed by atoms with van der Waals surface area (Å²) >= 11 is 6.14. The van der Waals surface area contributed by atoms with Crippen LogP contribution in [0.5, 0.6) is 5.75 Å². The number of aromatic nitrogens is 2. The van der Waals surface area contributed by atoms with E-state index in [9.17, 15) is 4.79 Å². The van der Waals surface area contributed by atoms with Gasteiger partial charge in [-0.1, -0.05) is 29.8 Å². The molecular weight excluding hydrogens is 350 g/mol. The predicted octanol–water partition coefficient (Wildman–Crippen LogP) is 4.52. The number of anilines is 1. The van der Waals surface area contributed by atoms with Gasteiger partial charge in [0.15, 0.2) is 0 Å². The molecule has 1 heterocycles. The van der Waals surface area contributed by atoms with Crippen LogP contribution < -0.4 is 10.1 Å². The molecule has 0 radical (unpaired) electrons. The Morgan fingerprint density at radius 1 is 1.19 bits per heavy atom. The van der Waals surface area contributed by atoms with E-state index in [4.69, 9.17) is 16.3 Å². The Morgan fingerprint density at radius 3 is 2.58 bits per heavy atom. The van der Waals surface area contributed by atoms with Crippen LogP contribution >= 0.6 is 11.6 Å². The third kappa shape index (κ3) is 4.06. The van der Waals surface area contributed by atoms with Gasteiger partial charge in [-0.05, 0) is 49.2 Å². The Balaban J connectivity index is 1.63. The first-order valence-electron chi connectivity index (χ1n) is 8.22. The van der Waals surface area contributed by atoms with Crippen LogP contribution in [0.1, 0.15) is 27.2 Å². The number of ether oxygens (including phenoxy) is 1. The quantitative estimate of drug-likeness (QED) is 0.719. The average Bonchev–Trinajstić information content (AvgIpc) is 2.95. The van der Waals surface area contributed by atoms with E-state index < -0.39 is 0 Å². The molecule has 0 aliphatic carbocycles. The smallest absolute Gasteiger partial charge is 0.255 e. The lowest BCUT2D eigenvalue weighted by Crippen LogP contribution is -2.12. The highest BCUT2D eigenvalue weighted by atomic mass is 35.5. The standard InChI is InChI=1S/C20H20ClN3O2/c1-13-4-9-17(21)19(10-13)26-12-15-5-7-16(8-6-15)20(25)23-18-11-22-24(3)14(18)2/h4-11H,12H2,1-3H3,(H,23,25). The van der Waals surface area contributed by atoms with Crippen LogP contribution in [-0.2, 0) is 13.7 Å². The van der Waals surface area contributed by atoms with Gasteiger partial charge in [0.25, 0.3) is 5.91 Å². The molecule has 1 aromatic heterocycles. The molecule has 0 saturated heterocycles. The summed E-state index contributed by atoms with van der Waals surface area (Å²) in [4.78, 5) is 12.4. The lowest BCUT2D eigenvalue weighted by atomic mass is 10.1. The largest absolute Gasteiger partial charge is 0.487 e. The first-order valence-corrected chi connectivity index (χ1v) is 8.59. The molecule has 134 valence electrons. The maximum atomic E-state index is 12.4. The number of halogens is 1. The van der Waals surface area contributed by atoms with Gasteiger partial charge in [-0.3, -0.25) is 9.48 Å². The third-order valence-electron chi connectivity index (χ3n) is 4.18. The fraction of sp³-hybridized carbons (Fsp3) is 0.200. The number of carbonyl (C=O) groups is 1. The fourth-order valence-corrected chi connectivity index (χ4v) is 2.62. The van der Waals surface area contributed by atoms with Crippen molar-refractivity contribution in [3.8, 4) is 5.75 Å². The van der Waals surface area contributed by atoms with Crippen molar-refractivity contribution in [2.45, 2.75) is 20.5 Å². The zero-order valence-electron chi connectivity index (χ0n) is 14.9. The number of rotatable bonds is 5. The maximum absolute atomic E-state index is 12.4. The number of carbonyl (C=O) groups excluding carboxylic acids is 1. The fourth-order valence-electron chi connectivity index (χ4n) is 2.45.